The molecule has 0 aromatic carbocycles. The van der Waals surface area contributed by atoms with Crippen LogP contribution in [0.3, 0.4) is 0 Å². The van der Waals surface area contributed by atoms with Crippen molar-refractivity contribution in [3.8, 4) is 0 Å². The van der Waals surface area contributed by atoms with Crippen LogP contribution in [0.1, 0.15) is 6.42 Å². The van der Waals surface area contributed by atoms with Gasteiger partial charge in [0.25, 0.3) is 0 Å². The van der Waals surface area contributed by atoms with E-state index in [4.69, 9.17) is 20.7 Å². The number of hydrogen-bond acceptors (Lipinski definition) is 5. The zero-order valence-corrected chi connectivity index (χ0v) is 6.05. The normalized spacial score (nSPS) is 45.8. The first-order chi connectivity index (χ1) is 5.15. The predicted octanol–water partition coefficient (Wildman–Crippen LogP) is -2.23. The van der Waals surface area contributed by atoms with Gasteiger partial charge in [-0.3, -0.25) is 0 Å². The molecule has 0 aliphatic carbocycles. The summed E-state index contributed by atoms with van der Waals surface area (Å²) in [4.78, 5) is 0. The summed E-state index contributed by atoms with van der Waals surface area (Å²) >= 11 is 0. The molecule has 0 aromatic rings. The molecule has 1 heterocycles. The molecule has 1 fully saturated rings. The smallest absolute Gasteiger partial charge is 0.156 e. The third-order valence-corrected chi connectivity index (χ3v) is 1.81. The van der Waals surface area contributed by atoms with E-state index in [9.17, 15) is 5.11 Å². The highest BCUT2D eigenvalue weighted by molar-refractivity contribution is 4.84. The zero-order chi connectivity index (χ0) is 8.43. The molecule has 0 spiro atoms. The largest absolute Gasteiger partial charge is 0.394 e. The standard InChI is InChI=1S/C6H13NO4/c7-3-1-5(9)11-4(2-8)6(3)10/h3-6,8-10H,1-2,7H2/t3-,4+,5-,6-/m0/s1. The Kier molecular flexibility index (Phi) is 2.80. The molecule has 1 saturated heterocycles. The molecule has 11 heavy (non-hydrogen) atoms. The van der Waals surface area contributed by atoms with Gasteiger partial charge in [0.15, 0.2) is 6.29 Å². The highest BCUT2D eigenvalue weighted by Gasteiger charge is 2.34. The van der Waals surface area contributed by atoms with E-state index in [-0.39, 0.29) is 13.0 Å². The van der Waals surface area contributed by atoms with Crippen LogP contribution >= 0.6 is 0 Å². The lowest BCUT2D eigenvalue weighted by atomic mass is 10.0. The van der Waals surface area contributed by atoms with Crippen molar-refractivity contribution in [2.24, 2.45) is 5.73 Å². The number of hydrogen-bond donors (Lipinski definition) is 4. The maximum atomic E-state index is 9.23. The minimum Gasteiger partial charge on any atom is -0.394 e. The van der Waals surface area contributed by atoms with E-state index >= 15 is 0 Å². The molecule has 66 valence electrons. The molecule has 5 nitrogen and oxygen atoms in total. The Hall–Kier alpha value is -0.200. The van der Waals surface area contributed by atoms with Crippen molar-refractivity contribution in [3.05, 3.63) is 0 Å². The second-order valence-electron chi connectivity index (χ2n) is 2.70. The molecule has 1 rings (SSSR count). The van der Waals surface area contributed by atoms with Gasteiger partial charge in [0.05, 0.1) is 12.7 Å². The van der Waals surface area contributed by atoms with Crippen molar-refractivity contribution >= 4 is 0 Å². The Labute approximate surface area is 64.4 Å². The van der Waals surface area contributed by atoms with Crippen molar-refractivity contribution in [1.82, 2.24) is 0 Å². The highest BCUT2D eigenvalue weighted by Crippen LogP contribution is 2.16. The molecule has 0 bridgehead atoms. The average molecular weight is 163 g/mol. The Morgan fingerprint density at radius 1 is 1.45 bits per heavy atom. The number of nitrogens with two attached hydrogens (primary N) is 1. The highest BCUT2D eigenvalue weighted by atomic mass is 16.6. The first kappa shape index (κ1) is 8.89. The molecule has 1 aliphatic heterocycles. The van der Waals surface area contributed by atoms with E-state index in [0.717, 1.165) is 0 Å². The number of aliphatic hydroxyl groups excluding tert-OH is 3. The Morgan fingerprint density at radius 2 is 2.09 bits per heavy atom. The van der Waals surface area contributed by atoms with Gasteiger partial charge in [-0.1, -0.05) is 0 Å². The number of aliphatic hydroxyl groups is 3. The topological polar surface area (TPSA) is 95.9 Å². The molecule has 0 radical (unpaired) electrons. The minimum atomic E-state index is -0.967. The van der Waals surface area contributed by atoms with E-state index in [1.54, 1.807) is 0 Å². The summed E-state index contributed by atoms with van der Waals surface area (Å²) in [5, 5.41) is 26.9. The lowest BCUT2D eigenvalue weighted by Crippen LogP contribution is -2.53. The van der Waals surface area contributed by atoms with Crippen LogP contribution in [0.15, 0.2) is 0 Å². The minimum absolute atomic E-state index is 0.206. The number of ether oxygens (including phenoxy) is 1. The first-order valence-electron chi connectivity index (χ1n) is 3.53. The van der Waals surface area contributed by atoms with Crippen molar-refractivity contribution in [2.75, 3.05) is 6.61 Å². The van der Waals surface area contributed by atoms with Gasteiger partial charge in [-0.2, -0.15) is 0 Å². The van der Waals surface area contributed by atoms with E-state index in [0.29, 0.717) is 0 Å². The molecule has 0 saturated carbocycles. The van der Waals surface area contributed by atoms with E-state index in [1.165, 1.54) is 0 Å². The van der Waals surface area contributed by atoms with Crippen LogP contribution in [0.4, 0.5) is 0 Å². The van der Waals surface area contributed by atoms with Crippen LogP contribution in [0.5, 0.6) is 0 Å². The van der Waals surface area contributed by atoms with Crippen molar-refractivity contribution in [3.63, 3.8) is 0 Å². The van der Waals surface area contributed by atoms with Gasteiger partial charge < -0.3 is 25.8 Å². The fraction of sp³-hybridized carbons (Fsp3) is 1.00. The molecule has 0 amide bonds. The lowest BCUT2D eigenvalue weighted by Gasteiger charge is -2.34. The summed E-state index contributed by atoms with van der Waals surface area (Å²) in [7, 11) is 0. The second kappa shape index (κ2) is 3.46. The molecule has 1 aliphatic rings. The van der Waals surface area contributed by atoms with Crippen LogP contribution in [0.25, 0.3) is 0 Å². The molecule has 5 N–H and O–H groups in total. The Balaban J connectivity index is 2.51. The van der Waals surface area contributed by atoms with Gasteiger partial charge in [0.1, 0.15) is 6.10 Å². The summed E-state index contributed by atoms with van der Waals surface area (Å²) in [5.41, 5.74) is 5.43. The SMILES string of the molecule is N[C@H]1C[C@@H](O)O[C@H](CO)[C@H]1O. The summed E-state index contributed by atoms with van der Waals surface area (Å²) < 4.78 is 4.79. The monoisotopic (exact) mass is 163 g/mol. The molecule has 5 heteroatoms. The van der Waals surface area contributed by atoms with Gasteiger partial charge in [-0.15, -0.1) is 0 Å². The van der Waals surface area contributed by atoms with Crippen LogP contribution in [0, 0.1) is 0 Å². The van der Waals surface area contributed by atoms with Crippen LogP contribution in [0.2, 0.25) is 0 Å². The Morgan fingerprint density at radius 3 is 2.64 bits per heavy atom. The summed E-state index contributed by atoms with van der Waals surface area (Å²) in [5.74, 6) is 0. The van der Waals surface area contributed by atoms with Crippen LogP contribution in [-0.2, 0) is 4.74 Å². The van der Waals surface area contributed by atoms with E-state index in [2.05, 4.69) is 0 Å². The summed E-state index contributed by atoms with van der Waals surface area (Å²) in [6.07, 6.45) is -2.40. The third kappa shape index (κ3) is 1.88. The number of rotatable bonds is 1. The van der Waals surface area contributed by atoms with Gasteiger partial charge >= 0.3 is 0 Å². The maximum absolute atomic E-state index is 9.23. The van der Waals surface area contributed by atoms with Crippen molar-refractivity contribution < 1.29 is 20.1 Å². The predicted molar refractivity (Wildman–Crippen MR) is 36.6 cm³/mol. The van der Waals surface area contributed by atoms with E-state index in [1.807, 2.05) is 0 Å². The zero-order valence-electron chi connectivity index (χ0n) is 6.05. The summed E-state index contributed by atoms with van der Waals surface area (Å²) in [6.45, 7) is -0.327. The van der Waals surface area contributed by atoms with Crippen molar-refractivity contribution in [2.45, 2.75) is 31.0 Å². The van der Waals surface area contributed by atoms with Crippen molar-refractivity contribution in [1.29, 1.82) is 0 Å². The third-order valence-electron chi connectivity index (χ3n) is 1.81. The van der Waals surface area contributed by atoms with Crippen LogP contribution < -0.4 is 5.73 Å². The molecule has 0 aromatic heterocycles. The van der Waals surface area contributed by atoms with Crippen LogP contribution in [-0.4, -0.2) is 46.5 Å². The van der Waals surface area contributed by atoms with Gasteiger partial charge in [-0.25, -0.2) is 0 Å². The van der Waals surface area contributed by atoms with Gasteiger partial charge in [0.2, 0.25) is 0 Å². The Bertz CT molecular complexity index is 132. The first-order valence-corrected chi connectivity index (χ1v) is 3.53. The summed E-state index contributed by atoms with van der Waals surface area (Å²) in [6, 6.07) is -0.518. The van der Waals surface area contributed by atoms with Gasteiger partial charge in [-0.05, 0) is 0 Å². The maximum Gasteiger partial charge on any atom is 0.156 e. The van der Waals surface area contributed by atoms with Gasteiger partial charge in [0, 0.05) is 12.5 Å². The molecular weight excluding hydrogens is 150 g/mol. The lowest BCUT2D eigenvalue weighted by molar-refractivity contribution is -0.213. The fourth-order valence-corrected chi connectivity index (χ4v) is 1.14. The second-order valence-corrected chi connectivity index (χ2v) is 2.70. The molecule has 4 atom stereocenters. The molecular formula is C6H13NO4. The quantitative estimate of drug-likeness (QED) is 0.351. The molecule has 0 unspecified atom stereocenters. The van der Waals surface area contributed by atoms with E-state index < -0.39 is 24.5 Å². The average Bonchev–Trinajstić information content (AvgIpc) is 1.96. The fourth-order valence-electron chi connectivity index (χ4n) is 1.14.